The van der Waals surface area contributed by atoms with Gasteiger partial charge in [-0.1, -0.05) is 0 Å². The summed E-state index contributed by atoms with van der Waals surface area (Å²) in [6.45, 7) is 0. The van der Waals surface area contributed by atoms with Crippen LogP contribution in [0, 0.1) is 0 Å². The van der Waals surface area contributed by atoms with Gasteiger partial charge in [0.25, 0.3) is 10.1 Å². The van der Waals surface area contributed by atoms with Gasteiger partial charge in [-0.15, -0.1) is 0 Å². The molecule has 3 aromatic rings. The summed E-state index contributed by atoms with van der Waals surface area (Å²) in [4.78, 5) is 11.1. The molecule has 0 atom stereocenters. The minimum absolute atomic E-state index is 0. The van der Waals surface area contributed by atoms with Crippen molar-refractivity contribution in [3.05, 3.63) is 42.7 Å². The number of pyridine rings is 1. The number of nitrogens with one attached hydrogen (secondary N) is 1. The van der Waals surface area contributed by atoms with E-state index in [2.05, 4.69) is 15.0 Å². The second kappa shape index (κ2) is 5.00. The smallest absolute Gasteiger partial charge is 0.294 e. The third-order valence-electron chi connectivity index (χ3n) is 2.70. The maximum atomic E-state index is 11.1. The lowest BCUT2D eigenvalue weighted by Crippen LogP contribution is -1.97. The number of fused-ring (bicyclic) bond motifs is 1. The standard InChI is InChI=1S/C12H9N3O3S.H2O/c16-19(17,18)9-1-2-10-11(7-9)15-12(14-10)8-3-5-13-6-4-8;/h1-7H,(H,14,15)(H,16,17,18);1H2. The van der Waals surface area contributed by atoms with Crippen LogP contribution < -0.4 is 0 Å². The van der Waals surface area contributed by atoms with Gasteiger partial charge in [-0.05, 0) is 30.3 Å². The van der Waals surface area contributed by atoms with E-state index in [1.807, 2.05) is 0 Å². The van der Waals surface area contributed by atoms with Crippen LogP contribution in [0.4, 0.5) is 0 Å². The van der Waals surface area contributed by atoms with Crippen molar-refractivity contribution in [3.8, 4) is 11.4 Å². The third-order valence-corrected chi connectivity index (χ3v) is 3.55. The quantitative estimate of drug-likeness (QED) is 0.682. The van der Waals surface area contributed by atoms with Crippen molar-refractivity contribution in [1.82, 2.24) is 15.0 Å². The number of hydrogen-bond donors (Lipinski definition) is 2. The van der Waals surface area contributed by atoms with Gasteiger partial charge in [0.1, 0.15) is 5.82 Å². The van der Waals surface area contributed by atoms with Gasteiger partial charge in [0, 0.05) is 18.0 Å². The fourth-order valence-electron chi connectivity index (χ4n) is 1.80. The largest absolute Gasteiger partial charge is 0.412 e. The van der Waals surface area contributed by atoms with Crippen LogP contribution in [0.15, 0.2) is 47.6 Å². The van der Waals surface area contributed by atoms with Crippen molar-refractivity contribution in [3.63, 3.8) is 0 Å². The first-order valence-electron chi connectivity index (χ1n) is 5.42. The first-order chi connectivity index (χ1) is 9.04. The van der Waals surface area contributed by atoms with Crippen molar-refractivity contribution in [2.45, 2.75) is 4.90 Å². The zero-order valence-corrected chi connectivity index (χ0v) is 10.9. The zero-order chi connectivity index (χ0) is 13.5. The molecule has 0 fully saturated rings. The Morgan fingerprint density at radius 2 is 1.80 bits per heavy atom. The summed E-state index contributed by atoms with van der Waals surface area (Å²) in [6.07, 6.45) is 3.29. The SMILES string of the molecule is O.O=S(=O)(O)c1ccc2nc(-c3ccncc3)[nH]c2c1. The maximum absolute atomic E-state index is 11.1. The van der Waals surface area contributed by atoms with E-state index in [0.29, 0.717) is 16.9 Å². The van der Waals surface area contributed by atoms with Crippen molar-refractivity contribution in [1.29, 1.82) is 0 Å². The van der Waals surface area contributed by atoms with Crippen LogP contribution in [0.2, 0.25) is 0 Å². The molecule has 2 aromatic heterocycles. The summed E-state index contributed by atoms with van der Waals surface area (Å²) in [5.41, 5.74) is 2.01. The topological polar surface area (TPSA) is 127 Å². The Labute approximate surface area is 114 Å². The number of nitrogens with zero attached hydrogens (tertiary/aromatic N) is 2. The average molecular weight is 293 g/mol. The van der Waals surface area contributed by atoms with Crippen LogP contribution in [-0.4, -0.2) is 33.4 Å². The van der Waals surface area contributed by atoms with E-state index in [-0.39, 0.29) is 10.4 Å². The number of hydrogen-bond acceptors (Lipinski definition) is 4. The zero-order valence-electron chi connectivity index (χ0n) is 10.1. The minimum Gasteiger partial charge on any atom is -0.412 e. The molecule has 4 N–H and O–H groups in total. The van der Waals surface area contributed by atoms with Crippen LogP contribution in [0.1, 0.15) is 0 Å². The molecule has 0 spiro atoms. The van der Waals surface area contributed by atoms with Gasteiger partial charge in [0.05, 0.1) is 15.9 Å². The Balaban J connectivity index is 0.00000147. The number of benzene rings is 1. The molecule has 0 bridgehead atoms. The van der Waals surface area contributed by atoms with Gasteiger partial charge < -0.3 is 10.5 Å². The normalized spacial score (nSPS) is 11.2. The summed E-state index contributed by atoms with van der Waals surface area (Å²) in [6, 6.07) is 7.79. The molecule has 3 rings (SSSR count). The third kappa shape index (κ3) is 2.52. The fourth-order valence-corrected chi connectivity index (χ4v) is 2.30. The molecule has 0 saturated heterocycles. The van der Waals surface area contributed by atoms with E-state index in [4.69, 9.17) is 4.55 Å². The van der Waals surface area contributed by atoms with Crippen LogP contribution >= 0.6 is 0 Å². The van der Waals surface area contributed by atoms with Crippen LogP contribution in [0.25, 0.3) is 22.4 Å². The molecular weight excluding hydrogens is 282 g/mol. The van der Waals surface area contributed by atoms with E-state index in [0.717, 1.165) is 5.56 Å². The highest BCUT2D eigenvalue weighted by atomic mass is 32.2. The Morgan fingerprint density at radius 3 is 2.45 bits per heavy atom. The lowest BCUT2D eigenvalue weighted by molar-refractivity contribution is 0.483. The summed E-state index contributed by atoms with van der Waals surface area (Å²) in [5, 5.41) is 0. The summed E-state index contributed by atoms with van der Waals surface area (Å²) >= 11 is 0. The molecule has 8 heteroatoms. The van der Waals surface area contributed by atoms with Gasteiger partial charge >= 0.3 is 0 Å². The molecule has 0 radical (unpaired) electrons. The second-order valence-corrected chi connectivity index (χ2v) is 5.40. The lowest BCUT2D eigenvalue weighted by atomic mass is 10.3. The Bertz CT molecular complexity index is 844. The Hall–Kier alpha value is -2.29. The number of aromatic nitrogens is 3. The molecular formula is C12H11N3O4S. The summed E-state index contributed by atoms with van der Waals surface area (Å²) in [5.74, 6) is 0.616. The summed E-state index contributed by atoms with van der Waals surface area (Å²) < 4.78 is 31.1. The second-order valence-electron chi connectivity index (χ2n) is 3.98. The number of aromatic amines is 1. The van der Waals surface area contributed by atoms with Crippen molar-refractivity contribution in [2.24, 2.45) is 0 Å². The highest BCUT2D eigenvalue weighted by molar-refractivity contribution is 7.85. The van der Waals surface area contributed by atoms with E-state index >= 15 is 0 Å². The molecule has 0 aliphatic rings. The highest BCUT2D eigenvalue weighted by Crippen LogP contribution is 2.22. The lowest BCUT2D eigenvalue weighted by Gasteiger charge is -1.95. The van der Waals surface area contributed by atoms with E-state index < -0.39 is 10.1 Å². The molecule has 0 aliphatic heterocycles. The van der Waals surface area contributed by atoms with Crippen molar-refractivity contribution < 1.29 is 18.4 Å². The van der Waals surface area contributed by atoms with Crippen LogP contribution in [0.3, 0.4) is 0 Å². The van der Waals surface area contributed by atoms with Gasteiger partial charge in [0.2, 0.25) is 0 Å². The molecule has 104 valence electrons. The fraction of sp³-hybridized carbons (Fsp3) is 0. The number of H-pyrrole nitrogens is 1. The molecule has 0 saturated carbocycles. The van der Waals surface area contributed by atoms with Gasteiger partial charge in [-0.25, -0.2) is 4.98 Å². The van der Waals surface area contributed by atoms with Gasteiger partial charge in [0.15, 0.2) is 0 Å². The molecule has 1 aromatic carbocycles. The first-order valence-corrected chi connectivity index (χ1v) is 6.86. The first kappa shape index (κ1) is 14.1. The minimum atomic E-state index is -4.21. The molecule has 0 amide bonds. The number of imidazole rings is 1. The maximum Gasteiger partial charge on any atom is 0.294 e. The van der Waals surface area contributed by atoms with Gasteiger partial charge in [-0.2, -0.15) is 8.42 Å². The molecule has 2 heterocycles. The molecule has 0 aliphatic carbocycles. The monoisotopic (exact) mass is 293 g/mol. The molecule has 7 nitrogen and oxygen atoms in total. The number of rotatable bonds is 2. The van der Waals surface area contributed by atoms with Gasteiger partial charge in [-0.3, -0.25) is 9.54 Å². The van der Waals surface area contributed by atoms with Crippen LogP contribution in [0.5, 0.6) is 0 Å². The molecule has 0 unspecified atom stereocenters. The van der Waals surface area contributed by atoms with E-state index in [1.54, 1.807) is 30.6 Å². The summed E-state index contributed by atoms with van der Waals surface area (Å²) in [7, 11) is -4.21. The van der Waals surface area contributed by atoms with E-state index in [9.17, 15) is 8.42 Å². The predicted molar refractivity (Wildman–Crippen MR) is 72.8 cm³/mol. The molecule has 20 heavy (non-hydrogen) atoms. The van der Waals surface area contributed by atoms with Crippen LogP contribution in [-0.2, 0) is 10.1 Å². The average Bonchev–Trinajstić information content (AvgIpc) is 2.81. The van der Waals surface area contributed by atoms with Crippen molar-refractivity contribution >= 4 is 21.2 Å². The Morgan fingerprint density at radius 1 is 1.10 bits per heavy atom. The Kier molecular flexibility index (Phi) is 3.53. The van der Waals surface area contributed by atoms with E-state index in [1.165, 1.54) is 12.1 Å². The highest BCUT2D eigenvalue weighted by Gasteiger charge is 2.12. The predicted octanol–water partition coefficient (Wildman–Crippen LogP) is 1.05. The van der Waals surface area contributed by atoms with Crippen molar-refractivity contribution in [2.75, 3.05) is 0 Å².